The van der Waals surface area contributed by atoms with Crippen LogP contribution in [-0.2, 0) is 11.8 Å². The van der Waals surface area contributed by atoms with E-state index in [2.05, 4.69) is 172 Å². The monoisotopic (exact) mass is 1610 g/mol. The Hall–Kier alpha value is -8.32. The van der Waals surface area contributed by atoms with Gasteiger partial charge in [-0.05, 0) is 312 Å². The van der Waals surface area contributed by atoms with Crippen molar-refractivity contribution in [3.63, 3.8) is 0 Å². The summed E-state index contributed by atoms with van der Waals surface area (Å²) in [6.07, 6.45) is 19.2. The number of hydrogen-bond donors (Lipinski definition) is 1. The minimum absolute atomic E-state index is 0.299. The zero-order valence-corrected chi connectivity index (χ0v) is 76.0. The van der Waals surface area contributed by atoms with Gasteiger partial charge < -0.3 is 22.9 Å². The van der Waals surface area contributed by atoms with Gasteiger partial charge in [-0.15, -0.1) is 34.0 Å². The quantitative estimate of drug-likeness (QED) is 0.149. The maximum atomic E-state index is 10.9. The Labute approximate surface area is 682 Å². The maximum absolute atomic E-state index is 10.9. The van der Waals surface area contributed by atoms with Crippen LogP contribution >= 0.6 is 68.5 Å². The molecule has 14 heterocycles. The molecule has 0 spiro atoms. The molecule has 0 radical (unpaired) electrons. The van der Waals surface area contributed by atoms with Gasteiger partial charge in [0.25, 0.3) is 0 Å². The number of aryl methyl sites for hydroxylation is 26. The number of halogens is 1. The normalized spacial score (nSPS) is 14.6. The summed E-state index contributed by atoms with van der Waals surface area (Å²) in [7, 11) is 3.78. The number of aromatic amines is 1. The molecule has 4 aliphatic rings. The van der Waals surface area contributed by atoms with Gasteiger partial charge in [0.1, 0.15) is 23.0 Å². The van der Waals surface area contributed by atoms with E-state index in [0.29, 0.717) is 11.8 Å². The van der Waals surface area contributed by atoms with Gasteiger partial charge in [-0.2, -0.15) is 21.5 Å². The SMILES string of the molecule is CC12CC(C)(C1)C2.C[C@@H]1CCC(=O)N(C)C1.Cc1cc(C)on1.Cc1cc(C)on1.Cc1ccc(C)s1.Cc1ccc(Cl)c(C)n1.Cc1cccc(C)n1.Cc1ccsc1C.Cc1cn[nH]c1C.Cc1cnc(C)o1.Cc1cnc(C)s1.Cc1cnn(C)c1.Cc1cnoc1C.Cc1cnsc1C.Cc1cscc1C. The van der Waals surface area contributed by atoms with Crippen molar-refractivity contribution in [1.29, 1.82) is 0 Å². The highest BCUT2D eigenvalue weighted by Gasteiger charge is 2.61. The fourth-order valence-electron chi connectivity index (χ4n) is 10.5. The van der Waals surface area contributed by atoms with Crippen molar-refractivity contribution in [3.05, 3.63) is 262 Å². The van der Waals surface area contributed by atoms with E-state index in [-0.39, 0.29) is 0 Å². The highest BCUT2D eigenvalue weighted by Crippen LogP contribution is 2.72. The molecule has 1 amide bonds. The van der Waals surface area contributed by atoms with Crippen molar-refractivity contribution in [2.75, 3.05) is 13.6 Å². The summed E-state index contributed by atoms with van der Waals surface area (Å²) < 4.78 is 24.9. The van der Waals surface area contributed by atoms with Gasteiger partial charge in [0.2, 0.25) is 5.91 Å². The number of piperidine rings is 1. The number of aromatic nitrogens is 12. The van der Waals surface area contributed by atoms with E-state index >= 15 is 0 Å². The van der Waals surface area contributed by atoms with Crippen LogP contribution < -0.4 is 0 Å². The third-order valence-corrected chi connectivity index (χ3v) is 21.5. The van der Waals surface area contributed by atoms with Gasteiger partial charge in [-0.3, -0.25) is 24.5 Å². The highest BCUT2D eigenvalue weighted by atomic mass is 35.5. The number of carbonyl (C=O) groups excluding carboxylic acids is 1. The maximum Gasteiger partial charge on any atom is 0.222 e. The van der Waals surface area contributed by atoms with Crippen LogP contribution in [0.15, 0.2) is 138 Å². The summed E-state index contributed by atoms with van der Waals surface area (Å²) in [6.45, 7) is 57.9. The van der Waals surface area contributed by atoms with E-state index < -0.39 is 0 Å². The third-order valence-electron chi connectivity index (χ3n) is 16.6. The molecule has 18 nitrogen and oxygen atoms in total. The minimum Gasteiger partial charge on any atom is -0.446 e. The van der Waals surface area contributed by atoms with Crippen LogP contribution in [-0.4, -0.2) is 84.2 Å². The molecule has 2 bridgehead atoms. The fourth-order valence-corrected chi connectivity index (χ4v) is 14.2. The molecule has 110 heavy (non-hydrogen) atoms. The van der Waals surface area contributed by atoms with E-state index in [4.69, 9.17) is 29.6 Å². The van der Waals surface area contributed by atoms with Crippen molar-refractivity contribution in [3.8, 4) is 0 Å². The average Bonchev–Trinajstić information content (AvgIpc) is 0.949. The molecule has 3 aliphatic carbocycles. The van der Waals surface area contributed by atoms with E-state index in [1.807, 2.05) is 215 Å². The Morgan fingerprint density at radius 1 is 0.555 bits per heavy atom. The van der Waals surface area contributed by atoms with E-state index in [9.17, 15) is 4.79 Å². The zero-order chi connectivity index (χ0) is 82.8. The average molecular weight is 1620 g/mol. The molecule has 1 atom stereocenters. The Kier molecular flexibility index (Phi) is 45.6. The molecule has 1 aliphatic heterocycles. The standard InChI is InChI=1S/C7H8ClN.C7H13NO.C7H9N.C7H12.3C6H8S.2C5H8N2.4C5H7NO.2C5H7NS/c1-5-3-4-7(8)6(2)9-5;1-6-3-4-7(9)8(2)5-6;1-6-4-3-5-7(2)8-6;1-6-3-7(2,4-6)5-6;1-5-3-7-4-6(5)2;1-5-3-4-7-6(5)2;1-5-3-4-6(2)7-5;1-5-3-6-7(2)4-5;1-4-3-6-7-5(4)2;1-4-3-6-5(2)7-4;1-4-3-6-7-5(4)2;2*1-4-3-5(2)7-6-4;1-4-3-6-5(2)7-4;1-4-3-6-7-5(4)2/h3-4H,1-2H3;6H,3-5H2,1-2H3;3-5H,1-2H3;3-5H2,1-2H3;4*3-4H,1-2H3;3H,1-2H3,(H,6,7);6*3H,1-2H3/t;6-;;;;;;;;;;;;;/m.1............./s1. The molecule has 3 saturated carbocycles. The van der Waals surface area contributed by atoms with Crippen LogP contribution in [0, 0.1) is 190 Å². The van der Waals surface area contributed by atoms with Crippen LogP contribution in [0.25, 0.3) is 0 Å². The number of likely N-dealkylation sites (tertiary alicyclic amines) is 1. The number of rotatable bonds is 0. The van der Waals surface area contributed by atoms with Gasteiger partial charge in [0.05, 0.1) is 51.9 Å². The number of H-pyrrole nitrogens is 1. The number of nitrogens with one attached hydrogen (secondary N) is 1. The zero-order valence-electron chi connectivity index (χ0n) is 71.2. The predicted molar refractivity (Wildman–Crippen MR) is 463 cm³/mol. The lowest BCUT2D eigenvalue weighted by Gasteiger charge is -2.68. The number of carbonyl (C=O) groups is 1. The van der Waals surface area contributed by atoms with Gasteiger partial charge in [0, 0.05) is 117 Å². The largest absolute Gasteiger partial charge is 0.446 e. The van der Waals surface area contributed by atoms with Gasteiger partial charge in [-0.1, -0.05) is 53.9 Å². The molecular formula is C86H124ClN13O5S5. The number of nitrogens with zero attached hydrogens (tertiary/aromatic N) is 12. The molecule has 13 aromatic heterocycles. The molecule has 13 aromatic rings. The number of thiophene rings is 3. The first-order valence-electron chi connectivity index (χ1n) is 36.6. The van der Waals surface area contributed by atoms with Gasteiger partial charge in [0.15, 0.2) is 5.89 Å². The van der Waals surface area contributed by atoms with Crippen molar-refractivity contribution >= 4 is 74.4 Å². The molecule has 1 saturated heterocycles. The van der Waals surface area contributed by atoms with E-state index in [1.165, 1.54) is 77.0 Å². The van der Waals surface area contributed by atoms with Crippen LogP contribution in [0.3, 0.4) is 0 Å². The Morgan fingerprint density at radius 2 is 1.13 bits per heavy atom. The van der Waals surface area contributed by atoms with Crippen LogP contribution in [0.1, 0.15) is 190 Å². The van der Waals surface area contributed by atoms with Crippen LogP contribution in [0.4, 0.5) is 0 Å². The van der Waals surface area contributed by atoms with Crippen molar-refractivity contribution in [2.45, 2.75) is 226 Å². The van der Waals surface area contributed by atoms with Crippen LogP contribution in [0.2, 0.25) is 5.02 Å². The summed E-state index contributed by atoms with van der Waals surface area (Å²) in [5, 5.41) is 29.7. The van der Waals surface area contributed by atoms with E-state index in [0.717, 1.165) is 115 Å². The summed E-state index contributed by atoms with van der Waals surface area (Å²) in [6, 6.07) is 20.0. The van der Waals surface area contributed by atoms with Crippen molar-refractivity contribution in [2.24, 2.45) is 23.8 Å². The lowest BCUT2D eigenvalue weighted by Crippen LogP contribution is -2.57. The number of pyridine rings is 2. The minimum atomic E-state index is 0.299. The molecule has 4 fully saturated rings. The molecule has 17 rings (SSSR count). The second-order valence-corrected chi connectivity index (χ2v) is 34.9. The molecule has 0 unspecified atom stereocenters. The fraction of sp³-hybridized carbons (Fsp3) is 0.453. The first-order chi connectivity index (χ1) is 51.6. The lowest BCUT2D eigenvalue weighted by molar-refractivity contribution is -0.176. The number of amides is 1. The molecule has 0 aromatic carbocycles. The van der Waals surface area contributed by atoms with Gasteiger partial charge >= 0.3 is 0 Å². The first-order valence-corrected chi connectivity index (χ1v) is 41.2. The van der Waals surface area contributed by atoms with Crippen molar-refractivity contribution < 1.29 is 22.8 Å². The Morgan fingerprint density at radius 3 is 1.31 bits per heavy atom. The smallest absolute Gasteiger partial charge is 0.222 e. The second-order valence-electron chi connectivity index (χ2n) is 28.7. The Bertz CT molecular complexity index is 3860. The summed E-state index contributed by atoms with van der Waals surface area (Å²) in [5.74, 6) is 5.26. The summed E-state index contributed by atoms with van der Waals surface area (Å²) in [5.41, 5.74) is 17.8. The number of oxazole rings is 1. The number of hydrogen-bond acceptors (Lipinski definition) is 20. The highest BCUT2D eigenvalue weighted by molar-refractivity contribution is 7.12. The molecule has 600 valence electrons. The Balaban J connectivity index is 0.000000400. The first kappa shape index (κ1) is 97.8. The summed E-state index contributed by atoms with van der Waals surface area (Å²) in [4.78, 5) is 35.7. The second kappa shape index (κ2) is 51.3. The molecule has 24 heteroatoms. The topological polar surface area (TPSA) is 222 Å². The van der Waals surface area contributed by atoms with Gasteiger partial charge in [-0.25, -0.2) is 14.3 Å². The number of thiazole rings is 1. The van der Waals surface area contributed by atoms with Crippen molar-refractivity contribution in [1.82, 2.24) is 64.7 Å². The lowest BCUT2D eigenvalue weighted by atomic mass is 9.37. The van der Waals surface area contributed by atoms with E-state index in [1.54, 1.807) is 62.6 Å². The molecule has 1 N–H and O–H groups in total. The van der Waals surface area contributed by atoms with Crippen LogP contribution in [0.5, 0.6) is 0 Å². The summed E-state index contributed by atoms with van der Waals surface area (Å²) >= 11 is 14.4. The predicted octanol–water partition coefficient (Wildman–Crippen LogP) is 24.7. The third kappa shape index (κ3) is 43.3. The molecular weight excluding hydrogens is 1490 g/mol.